The molecule has 1 heterocycles. The van der Waals surface area contributed by atoms with Crippen LogP contribution >= 0.6 is 0 Å². The number of aryl methyl sites for hydroxylation is 1. The molecular formula is C13H23N3O2. The maximum atomic E-state index is 11.8. The van der Waals surface area contributed by atoms with Crippen LogP contribution in [0.25, 0.3) is 0 Å². The number of carbonyl (C=O) groups is 1. The first-order valence-electron chi connectivity index (χ1n) is 6.48. The molecule has 0 aliphatic heterocycles. The second-order valence-corrected chi connectivity index (χ2v) is 4.67. The van der Waals surface area contributed by atoms with Crippen molar-refractivity contribution >= 4 is 5.91 Å². The number of aromatic nitrogens is 1. The molecule has 1 aromatic heterocycles. The van der Waals surface area contributed by atoms with Crippen LogP contribution in [0, 0.1) is 6.92 Å². The first kappa shape index (κ1) is 14.7. The van der Waals surface area contributed by atoms with E-state index in [4.69, 9.17) is 4.42 Å². The summed E-state index contributed by atoms with van der Waals surface area (Å²) in [6, 6.07) is -0.0350. The average molecular weight is 253 g/mol. The van der Waals surface area contributed by atoms with Crippen molar-refractivity contribution in [3.8, 4) is 0 Å². The normalized spacial score (nSPS) is 14.2. The lowest BCUT2D eigenvalue weighted by Gasteiger charge is -2.17. The number of carbonyl (C=O) groups excluding carboxylic acids is 1. The van der Waals surface area contributed by atoms with E-state index in [2.05, 4.69) is 22.5 Å². The summed E-state index contributed by atoms with van der Waals surface area (Å²) in [5.41, 5.74) is 0. The van der Waals surface area contributed by atoms with Crippen molar-refractivity contribution in [2.75, 3.05) is 0 Å². The predicted molar refractivity (Wildman–Crippen MR) is 70.1 cm³/mol. The molecule has 18 heavy (non-hydrogen) atoms. The lowest BCUT2D eigenvalue weighted by atomic mass is 10.2. The minimum Gasteiger partial charge on any atom is -0.445 e. The van der Waals surface area contributed by atoms with Gasteiger partial charge < -0.3 is 9.73 Å². The number of nitrogens with one attached hydrogen (secondary N) is 2. The van der Waals surface area contributed by atoms with E-state index in [1.807, 2.05) is 20.8 Å². The molecule has 0 saturated carbocycles. The maximum absolute atomic E-state index is 11.8. The van der Waals surface area contributed by atoms with Crippen LogP contribution in [-0.4, -0.2) is 23.0 Å². The van der Waals surface area contributed by atoms with E-state index in [-0.39, 0.29) is 18.0 Å². The number of nitrogens with zero attached hydrogens (tertiary/aromatic N) is 1. The van der Waals surface area contributed by atoms with Crippen LogP contribution < -0.4 is 10.6 Å². The van der Waals surface area contributed by atoms with Crippen LogP contribution in [0.15, 0.2) is 10.6 Å². The maximum Gasteiger partial charge on any atom is 0.237 e. The fourth-order valence-electron chi connectivity index (χ4n) is 1.69. The third kappa shape index (κ3) is 4.87. The molecule has 1 aromatic rings. The molecule has 0 bridgehead atoms. The fraction of sp³-hybridized carbons (Fsp3) is 0.692. The Bertz CT molecular complexity index is 376. The second kappa shape index (κ2) is 7.16. The molecule has 0 aliphatic rings. The van der Waals surface area contributed by atoms with Gasteiger partial charge >= 0.3 is 0 Å². The predicted octanol–water partition coefficient (Wildman–Crippen LogP) is 1.77. The summed E-state index contributed by atoms with van der Waals surface area (Å²) in [6.07, 6.45) is 3.74. The van der Waals surface area contributed by atoms with Gasteiger partial charge in [-0.1, -0.05) is 13.3 Å². The van der Waals surface area contributed by atoms with Gasteiger partial charge in [-0.15, -0.1) is 0 Å². The number of hydrogen-bond donors (Lipinski definition) is 2. The Hall–Kier alpha value is -1.36. The van der Waals surface area contributed by atoms with Gasteiger partial charge in [0.05, 0.1) is 18.8 Å². The van der Waals surface area contributed by atoms with Crippen LogP contribution in [-0.2, 0) is 11.3 Å². The van der Waals surface area contributed by atoms with Crippen molar-refractivity contribution in [1.82, 2.24) is 15.6 Å². The smallest absolute Gasteiger partial charge is 0.237 e. The molecular weight excluding hydrogens is 230 g/mol. The van der Waals surface area contributed by atoms with Crippen LogP contribution in [0.1, 0.15) is 45.3 Å². The van der Waals surface area contributed by atoms with Crippen molar-refractivity contribution in [3.05, 3.63) is 17.8 Å². The molecule has 0 spiro atoms. The van der Waals surface area contributed by atoms with Gasteiger partial charge in [0.2, 0.25) is 11.8 Å². The molecule has 1 rings (SSSR count). The highest BCUT2D eigenvalue weighted by Crippen LogP contribution is 2.01. The Morgan fingerprint density at radius 3 is 2.78 bits per heavy atom. The summed E-state index contributed by atoms with van der Waals surface area (Å²) in [6.45, 7) is 8.27. The summed E-state index contributed by atoms with van der Waals surface area (Å²) in [7, 11) is 0. The molecule has 0 radical (unpaired) electrons. The fourth-order valence-corrected chi connectivity index (χ4v) is 1.69. The summed E-state index contributed by atoms with van der Waals surface area (Å²) in [5.74, 6) is 1.40. The Morgan fingerprint density at radius 1 is 1.50 bits per heavy atom. The van der Waals surface area contributed by atoms with E-state index in [0.29, 0.717) is 12.4 Å². The molecule has 0 aromatic carbocycles. The standard InChI is InChI=1S/C13H23N3O2/c1-5-6-9(2)16-13(17)11(4)14-8-12-15-7-10(3)18-12/h7,9,11,14H,5-6,8H2,1-4H3,(H,16,17). The summed E-state index contributed by atoms with van der Waals surface area (Å²) < 4.78 is 5.33. The zero-order valence-electron chi connectivity index (χ0n) is 11.6. The molecule has 102 valence electrons. The van der Waals surface area contributed by atoms with E-state index in [1.165, 1.54) is 0 Å². The zero-order chi connectivity index (χ0) is 13.5. The Labute approximate surface area is 108 Å². The first-order chi connectivity index (χ1) is 8.52. The molecule has 2 atom stereocenters. The Balaban J connectivity index is 2.31. The molecule has 2 unspecified atom stereocenters. The largest absolute Gasteiger partial charge is 0.445 e. The topological polar surface area (TPSA) is 67.2 Å². The SMILES string of the molecule is CCCC(C)NC(=O)C(C)NCc1ncc(C)o1. The Morgan fingerprint density at radius 2 is 2.22 bits per heavy atom. The van der Waals surface area contributed by atoms with Crippen LogP contribution in [0.3, 0.4) is 0 Å². The summed E-state index contributed by atoms with van der Waals surface area (Å²) in [5, 5.41) is 6.06. The van der Waals surface area contributed by atoms with Gasteiger partial charge in [0.15, 0.2) is 0 Å². The van der Waals surface area contributed by atoms with Crippen LogP contribution in [0.2, 0.25) is 0 Å². The second-order valence-electron chi connectivity index (χ2n) is 4.67. The number of oxazole rings is 1. The lowest BCUT2D eigenvalue weighted by Crippen LogP contribution is -2.45. The molecule has 1 amide bonds. The third-order valence-corrected chi connectivity index (χ3v) is 2.73. The van der Waals surface area contributed by atoms with Crippen molar-refractivity contribution in [2.45, 2.75) is 59.2 Å². The van der Waals surface area contributed by atoms with Crippen molar-refractivity contribution < 1.29 is 9.21 Å². The number of amides is 1. The summed E-state index contributed by atoms with van der Waals surface area (Å²) in [4.78, 5) is 15.9. The third-order valence-electron chi connectivity index (χ3n) is 2.73. The van der Waals surface area contributed by atoms with Crippen molar-refractivity contribution in [2.24, 2.45) is 0 Å². The minimum absolute atomic E-state index is 0.0132. The van der Waals surface area contributed by atoms with E-state index >= 15 is 0 Å². The van der Waals surface area contributed by atoms with Gasteiger partial charge in [-0.05, 0) is 27.2 Å². The molecule has 5 nitrogen and oxygen atoms in total. The highest BCUT2D eigenvalue weighted by molar-refractivity contribution is 5.81. The lowest BCUT2D eigenvalue weighted by molar-refractivity contribution is -0.123. The van der Waals surface area contributed by atoms with Gasteiger partial charge in [0.1, 0.15) is 5.76 Å². The van der Waals surface area contributed by atoms with E-state index in [9.17, 15) is 4.79 Å². The van der Waals surface area contributed by atoms with E-state index < -0.39 is 0 Å². The zero-order valence-corrected chi connectivity index (χ0v) is 11.6. The van der Waals surface area contributed by atoms with E-state index in [1.54, 1.807) is 6.20 Å². The first-order valence-corrected chi connectivity index (χ1v) is 6.48. The quantitative estimate of drug-likeness (QED) is 0.777. The van der Waals surface area contributed by atoms with Crippen molar-refractivity contribution in [3.63, 3.8) is 0 Å². The molecule has 0 aliphatic carbocycles. The van der Waals surface area contributed by atoms with Crippen LogP contribution in [0.5, 0.6) is 0 Å². The molecule has 2 N–H and O–H groups in total. The highest BCUT2D eigenvalue weighted by Gasteiger charge is 2.15. The van der Waals surface area contributed by atoms with Gasteiger partial charge in [0, 0.05) is 6.04 Å². The van der Waals surface area contributed by atoms with E-state index in [0.717, 1.165) is 18.6 Å². The number of hydrogen-bond acceptors (Lipinski definition) is 4. The van der Waals surface area contributed by atoms with Gasteiger partial charge in [0.25, 0.3) is 0 Å². The minimum atomic E-state index is -0.253. The molecule has 0 fully saturated rings. The number of rotatable bonds is 7. The van der Waals surface area contributed by atoms with Gasteiger partial charge in [-0.2, -0.15) is 0 Å². The Kier molecular flexibility index (Phi) is 5.85. The average Bonchev–Trinajstić information content (AvgIpc) is 2.72. The van der Waals surface area contributed by atoms with Gasteiger partial charge in [-0.25, -0.2) is 4.98 Å². The monoisotopic (exact) mass is 253 g/mol. The highest BCUT2D eigenvalue weighted by atomic mass is 16.4. The molecule has 5 heteroatoms. The van der Waals surface area contributed by atoms with Crippen molar-refractivity contribution in [1.29, 1.82) is 0 Å². The molecule has 0 saturated heterocycles. The van der Waals surface area contributed by atoms with Gasteiger partial charge in [-0.3, -0.25) is 10.1 Å². The van der Waals surface area contributed by atoms with Crippen LogP contribution in [0.4, 0.5) is 0 Å². The summed E-state index contributed by atoms with van der Waals surface area (Å²) >= 11 is 0.